The second kappa shape index (κ2) is 4.34. The maximum atomic E-state index is 10.8. The minimum absolute atomic E-state index is 0.0683. The summed E-state index contributed by atoms with van der Waals surface area (Å²) >= 11 is 0. The van der Waals surface area contributed by atoms with Gasteiger partial charge >= 0.3 is 5.97 Å². The molecular weight excluding hydrogens is 142 g/mol. The van der Waals surface area contributed by atoms with Crippen molar-refractivity contribution in [2.45, 2.75) is 32.2 Å². The highest BCUT2D eigenvalue weighted by molar-refractivity contribution is 5.69. The number of ether oxygens (including phenoxy) is 1. The second-order valence-electron chi connectivity index (χ2n) is 2.78. The quantitative estimate of drug-likeness (QED) is 0.610. The van der Waals surface area contributed by atoms with E-state index in [1.54, 1.807) is 0 Å². The second-order valence-corrected chi connectivity index (χ2v) is 2.78. The molecule has 1 saturated heterocycles. The molecule has 1 N–H and O–H groups in total. The molecule has 1 aliphatic rings. The third kappa shape index (κ3) is 2.89. The lowest BCUT2D eigenvalue weighted by atomic mass is 10.0. The van der Waals surface area contributed by atoms with E-state index in [0.29, 0.717) is 19.1 Å². The van der Waals surface area contributed by atoms with E-state index >= 15 is 0 Å². The van der Waals surface area contributed by atoms with Crippen LogP contribution in [-0.2, 0) is 9.53 Å². The van der Waals surface area contributed by atoms with Gasteiger partial charge in [0, 0.05) is 12.5 Å². The highest BCUT2D eigenvalue weighted by Gasteiger charge is 2.17. The molecule has 0 aromatic carbocycles. The van der Waals surface area contributed by atoms with E-state index in [4.69, 9.17) is 4.74 Å². The van der Waals surface area contributed by atoms with Crippen LogP contribution < -0.4 is 5.32 Å². The molecule has 1 unspecified atom stereocenters. The van der Waals surface area contributed by atoms with Crippen molar-refractivity contribution in [2.24, 2.45) is 0 Å². The number of carbonyl (C=O) groups is 1. The summed E-state index contributed by atoms with van der Waals surface area (Å²) in [5, 5.41) is 3.24. The number of rotatable bonds is 4. The van der Waals surface area contributed by atoms with Crippen molar-refractivity contribution in [1.82, 2.24) is 5.32 Å². The molecule has 64 valence electrons. The molecule has 1 fully saturated rings. The molecule has 1 heterocycles. The van der Waals surface area contributed by atoms with Gasteiger partial charge in [0.05, 0.1) is 6.61 Å². The summed E-state index contributed by atoms with van der Waals surface area (Å²) in [6, 6.07) is 0.569. The van der Waals surface area contributed by atoms with E-state index in [1.165, 1.54) is 6.42 Å². The number of nitrogens with one attached hydrogen (secondary N) is 1. The number of carbonyl (C=O) groups excluding carboxylic acids is 1. The first-order valence-electron chi connectivity index (χ1n) is 4.22. The van der Waals surface area contributed by atoms with Gasteiger partial charge < -0.3 is 10.1 Å². The molecule has 0 bridgehead atoms. The Bertz CT molecular complexity index is 132. The van der Waals surface area contributed by atoms with Crippen LogP contribution in [0.25, 0.3) is 0 Å². The van der Waals surface area contributed by atoms with Crippen LogP contribution in [0.3, 0.4) is 0 Å². The van der Waals surface area contributed by atoms with Crippen LogP contribution in [-0.4, -0.2) is 25.2 Å². The molecule has 0 aromatic rings. The van der Waals surface area contributed by atoms with Crippen LogP contribution in [0, 0.1) is 0 Å². The van der Waals surface area contributed by atoms with Crippen LogP contribution in [0.15, 0.2) is 0 Å². The standard InChI is InChI=1S/C8H15NO2/c1-2-11-8(10)4-3-7-5-6-9-7/h7,9H,2-6H2,1H3. The van der Waals surface area contributed by atoms with Crippen molar-refractivity contribution in [3.8, 4) is 0 Å². The predicted molar refractivity (Wildman–Crippen MR) is 42.3 cm³/mol. The van der Waals surface area contributed by atoms with Gasteiger partial charge in [0.15, 0.2) is 0 Å². The Hall–Kier alpha value is -0.570. The number of esters is 1. The Labute approximate surface area is 67.1 Å². The zero-order chi connectivity index (χ0) is 8.10. The SMILES string of the molecule is CCOC(=O)CCC1CCN1. The first-order chi connectivity index (χ1) is 5.33. The summed E-state index contributed by atoms with van der Waals surface area (Å²) in [6.07, 6.45) is 2.70. The average Bonchev–Trinajstić information content (AvgIpc) is 1.85. The summed E-state index contributed by atoms with van der Waals surface area (Å²) in [5.74, 6) is -0.0683. The summed E-state index contributed by atoms with van der Waals surface area (Å²) in [4.78, 5) is 10.8. The molecule has 0 spiro atoms. The van der Waals surface area contributed by atoms with Gasteiger partial charge in [0.2, 0.25) is 0 Å². The van der Waals surface area contributed by atoms with Crippen molar-refractivity contribution < 1.29 is 9.53 Å². The normalized spacial score (nSPS) is 22.5. The van der Waals surface area contributed by atoms with Crippen LogP contribution in [0.4, 0.5) is 0 Å². The fraction of sp³-hybridized carbons (Fsp3) is 0.875. The van der Waals surface area contributed by atoms with E-state index in [-0.39, 0.29) is 5.97 Å². The third-order valence-corrected chi connectivity index (χ3v) is 1.93. The van der Waals surface area contributed by atoms with Gasteiger partial charge in [-0.25, -0.2) is 0 Å². The molecule has 0 saturated carbocycles. The molecule has 11 heavy (non-hydrogen) atoms. The predicted octanol–water partition coefficient (Wildman–Crippen LogP) is 0.692. The first-order valence-corrected chi connectivity index (χ1v) is 4.22. The van der Waals surface area contributed by atoms with E-state index in [1.807, 2.05) is 6.92 Å². The lowest BCUT2D eigenvalue weighted by molar-refractivity contribution is -0.143. The summed E-state index contributed by atoms with van der Waals surface area (Å²) in [6.45, 7) is 3.43. The summed E-state index contributed by atoms with van der Waals surface area (Å²) in [5.41, 5.74) is 0. The molecule has 0 amide bonds. The Morgan fingerprint density at radius 2 is 2.45 bits per heavy atom. The topological polar surface area (TPSA) is 38.3 Å². The maximum Gasteiger partial charge on any atom is 0.305 e. The van der Waals surface area contributed by atoms with E-state index in [9.17, 15) is 4.79 Å². The van der Waals surface area contributed by atoms with Gasteiger partial charge in [-0.2, -0.15) is 0 Å². The minimum Gasteiger partial charge on any atom is -0.466 e. The number of hydrogen-bond acceptors (Lipinski definition) is 3. The zero-order valence-electron chi connectivity index (χ0n) is 6.93. The van der Waals surface area contributed by atoms with Crippen molar-refractivity contribution in [1.29, 1.82) is 0 Å². The molecule has 1 aliphatic heterocycles. The van der Waals surface area contributed by atoms with Gasteiger partial charge in [-0.3, -0.25) is 4.79 Å². The van der Waals surface area contributed by atoms with Gasteiger partial charge in [0.1, 0.15) is 0 Å². The highest BCUT2D eigenvalue weighted by atomic mass is 16.5. The smallest absolute Gasteiger partial charge is 0.305 e. The van der Waals surface area contributed by atoms with Crippen LogP contribution in [0.5, 0.6) is 0 Å². The lowest BCUT2D eigenvalue weighted by Gasteiger charge is -2.26. The number of hydrogen-bond donors (Lipinski definition) is 1. The molecule has 0 aliphatic carbocycles. The zero-order valence-corrected chi connectivity index (χ0v) is 6.93. The maximum absolute atomic E-state index is 10.8. The molecular formula is C8H15NO2. The Balaban J connectivity index is 1.96. The summed E-state index contributed by atoms with van der Waals surface area (Å²) < 4.78 is 4.79. The van der Waals surface area contributed by atoms with Gasteiger partial charge in [-0.15, -0.1) is 0 Å². The van der Waals surface area contributed by atoms with Gasteiger partial charge in [-0.05, 0) is 26.3 Å². The van der Waals surface area contributed by atoms with Crippen molar-refractivity contribution in [3.63, 3.8) is 0 Å². The van der Waals surface area contributed by atoms with Crippen LogP contribution in [0.1, 0.15) is 26.2 Å². The average molecular weight is 157 g/mol. The first kappa shape index (κ1) is 8.53. The van der Waals surface area contributed by atoms with E-state index in [0.717, 1.165) is 13.0 Å². The van der Waals surface area contributed by atoms with E-state index in [2.05, 4.69) is 5.32 Å². The van der Waals surface area contributed by atoms with Crippen molar-refractivity contribution in [3.05, 3.63) is 0 Å². The Morgan fingerprint density at radius 1 is 1.73 bits per heavy atom. The molecule has 1 atom stereocenters. The van der Waals surface area contributed by atoms with E-state index < -0.39 is 0 Å². The Kier molecular flexibility index (Phi) is 3.36. The largest absolute Gasteiger partial charge is 0.466 e. The molecule has 3 heteroatoms. The van der Waals surface area contributed by atoms with Gasteiger partial charge in [0.25, 0.3) is 0 Å². The molecule has 0 aromatic heterocycles. The minimum atomic E-state index is -0.0683. The monoisotopic (exact) mass is 157 g/mol. The lowest BCUT2D eigenvalue weighted by Crippen LogP contribution is -2.42. The highest BCUT2D eigenvalue weighted by Crippen LogP contribution is 2.09. The fourth-order valence-electron chi connectivity index (χ4n) is 1.12. The molecule has 1 rings (SSSR count). The fourth-order valence-corrected chi connectivity index (χ4v) is 1.12. The van der Waals surface area contributed by atoms with Crippen molar-refractivity contribution in [2.75, 3.05) is 13.2 Å². The summed E-state index contributed by atoms with van der Waals surface area (Å²) in [7, 11) is 0. The van der Waals surface area contributed by atoms with Crippen LogP contribution in [0.2, 0.25) is 0 Å². The Morgan fingerprint density at radius 3 is 2.91 bits per heavy atom. The molecule has 0 radical (unpaired) electrons. The van der Waals surface area contributed by atoms with Gasteiger partial charge in [-0.1, -0.05) is 0 Å². The molecule has 3 nitrogen and oxygen atoms in total. The third-order valence-electron chi connectivity index (χ3n) is 1.93. The van der Waals surface area contributed by atoms with Crippen molar-refractivity contribution >= 4 is 5.97 Å². The van der Waals surface area contributed by atoms with Crippen LogP contribution >= 0.6 is 0 Å².